The van der Waals surface area contributed by atoms with Crippen molar-refractivity contribution in [3.63, 3.8) is 0 Å². The van der Waals surface area contributed by atoms with Crippen LogP contribution in [0.4, 0.5) is 5.95 Å². The van der Waals surface area contributed by atoms with Crippen molar-refractivity contribution in [2.45, 2.75) is 64.0 Å². The minimum absolute atomic E-state index is 0.0511. The van der Waals surface area contributed by atoms with Crippen LogP contribution in [0.2, 0.25) is 5.02 Å². The molecule has 42 heavy (non-hydrogen) atoms. The van der Waals surface area contributed by atoms with Crippen LogP contribution in [-0.4, -0.2) is 64.5 Å². The van der Waals surface area contributed by atoms with E-state index in [4.69, 9.17) is 16.6 Å². The summed E-state index contributed by atoms with van der Waals surface area (Å²) in [4.78, 5) is 22.5. The van der Waals surface area contributed by atoms with Gasteiger partial charge < -0.3 is 19.7 Å². The molecule has 5 rings (SSSR count). The molecular formula is C35H44ClN5O. The van der Waals surface area contributed by atoms with E-state index in [9.17, 15) is 4.79 Å². The number of likely N-dealkylation sites (N-methyl/N-ethyl adjacent to an activating group) is 1. The van der Waals surface area contributed by atoms with E-state index >= 15 is 0 Å². The first kappa shape index (κ1) is 30.1. The van der Waals surface area contributed by atoms with E-state index in [2.05, 4.69) is 58.1 Å². The normalized spacial score (nSPS) is 15.1. The molecule has 1 N–H and O–H groups in total. The Hall–Kier alpha value is -3.35. The van der Waals surface area contributed by atoms with Gasteiger partial charge in [0, 0.05) is 55.8 Å². The third-order valence-corrected chi connectivity index (χ3v) is 8.77. The van der Waals surface area contributed by atoms with Gasteiger partial charge in [-0.3, -0.25) is 4.79 Å². The summed E-state index contributed by atoms with van der Waals surface area (Å²) in [5, 5.41) is 4.54. The van der Waals surface area contributed by atoms with Crippen molar-refractivity contribution in [2.24, 2.45) is 0 Å². The SMILES string of the molecule is CCCCCn1c(NC2CCN(CCC(CN(C)C(=O)c3ccccc3)c3cccc(Cl)c3)CC2)nc2ccccc21. The number of unbranched alkanes of at least 4 members (excludes halogenated alkanes) is 2. The van der Waals surface area contributed by atoms with Crippen LogP contribution in [-0.2, 0) is 6.54 Å². The standard InChI is InChI=1S/C35H44ClN5O/c1-3-4-10-21-41-33-17-9-8-16-32(33)38-35(41)37-31-19-23-40(24-20-31)22-18-29(28-14-11-15-30(36)25-28)26-39(2)34(42)27-12-6-5-7-13-27/h5-9,11-17,25,29,31H,3-4,10,18-24,26H2,1-2H3,(H,37,38). The quantitative estimate of drug-likeness (QED) is 0.163. The predicted molar refractivity (Wildman–Crippen MR) is 175 cm³/mol. The zero-order valence-corrected chi connectivity index (χ0v) is 25.8. The minimum atomic E-state index is 0.0511. The molecule has 1 atom stereocenters. The van der Waals surface area contributed by atoms with Gasteiger partial charge in [-0.05, 0) is 74.2 Å². The van der Waals surface area contributed by atoms with Gasteiger partial charge in [0.1, 0.15) is 0 Å². The Kier molecular flexibility index (Phi) is 10.5. The van der Waals surface area contributed by atoms with Crippen molar-refractivity contribution in [3.05, 3.63) is 95.0 Å². The van der Waals surface area contributed by atoms with Gasteiger partial charge in [0.15, 0.2) is 0 Å². The summed E-state index contributed by atoms with van der Waals surface area (Å²) in [6, 6.07) is 26.5. The number of para-hydroxylation sites is 2. The first-order chi connectivity index (χ1) is 20.5. The van der Waals surface area contributed by atoms with Crippen LogP contribution in [0.5, 0.6) is 0 Å². The fraction of sp³-hybridized carbons (Fsp3) is 0.429. The lowest BCUT2D eigenvalue weighted by molar-refractivity contribution is 0.0782. The second kappa shape index (κ2) is 14.7. The summed E-state index contributed by atoms with van der Waals surface area (Å²) in [7, 11) is 1.90. The zero-order valence-electron chi connectivity index (χ0n) is 25.0. The Balaban J connectivity index is 1.18. The topological polar surface area (TPSA) is 53.4 Å². The maximum atomic E-state index is 13.1. The molecule has 1 fully saturated rings. The molecular weight excluding hydrogens is 542 g/mol. The highest BCUT2D eigenvalue weighted by atomic mass is 35.5. The number of likely N-dealkylation sites (tertiary alicyclic amines) is 1. The second-order valence-electron chi connectivity index (χ2n) is 11.6. The molecule has 7 heteroatoms. The number of aryl methyl sites for hydroxylation is 1. The Morgan fingerprint density at radius 1 is 1.00 bits per heavy atom. The average molecular weight is 586 g/mol. The number of hydrogen-bond acceptors (Lipinski definition) is 4. The number of aromatic nitrogens is 2. The first-order valence-corrected chi connectivity index (χ1v) is 15.9. The van der Waals surface area contributed by atoms with E-state index in [1.54, 1.807) is 0 Å². The number of nitrogens with zero attached hydrogens (tertiary/aromatic N) is 4. The molecule has 222 valence electrons. The van der Waals surface area contributed by atoms with Gasteiger partial charge in [0.25, 0.3) is 5.91 Å². The smallest absolute Gasteiger partial charge is 0.253 e. The van der Waals surface area contributed by atoms with Gasteiger partial charge in [0.05, 0.1) is 11.0 Å². The second-order valence-corrected chi connectivity index (χ2v) is 12.1. The highest BCUT2D eigenvalue weighted by Crippen LogP contribution is 2.27. The number of carbonyl (C=O) groups excluding carboxylic acids is 1. The summed E-state index contributed by atoms with van der Waals surface area (Å²) in [6.45, 7) is 7.00. The number of benzene rings is 3. The third kappa shape index (κ3) is 7.73. The molecule has 0 saturated carbocycles. The Labute approximate surface area is 255 Å². The third-order valence-electron chi connectivity index (χ3n) is 8.54. The molecule has 1 aliphatic heterocycles. The zero-order chi connectivity index (χ0) is 29.3. The Morgan fingerprint density at radius 3 is 2.52 bits per heavy atom. The maximum absolute atomic E-state index is 13.1. The van der Waals surface area contributed by atoms with Crippen molar-refractivity contribution in [3.8, 4) is 0 Å². The highest BCUT2D eigenvalue weighted by molar-refractivity contribution is 6.30. The van der Waals surface area contributed by atoms with Gasteiger partial charge in [-0.2, -0.15) is 0 Å². The lowest BCUT2D eigenvalue weighted by Gasteiger charge is -2.34. The number of hydrogen-bond donors (Lipinski definition) is 1. The lowest BCUT2D eigenvalue weighted by Crippen LogP contribution is -2.40. The van der Waals surface area contributed by atoms with Crippen LogP contribution in [0, 0.1) is 0 Å². The number of fused-ring (bicyclic) bond motifs is 1. The number of nitrogens with one attached hydrogen (secondary N) is 1. The van der Waals surface area contributed by atoms with Crippen LogP contribution in [0.3, 0.4) is 0 Å². The molecule has 2 heterocycles. The molecule has 4 aromatic rings. The summed E-state index contributed by atoms with van der Waals surface area (Å²) in [5.41, 5.74) is 4.19. The van der Waals surface area contributed by atoms with E-state index in [1.807, 2.05) is 54.4 Å². The average Bonchev–Trinajstić information content (AvgIpc) is 3.36. The maximum Gasteiger partial charge on any atom is 0.253 e. The number of rotatable bonds is 13. The number of amides is 1. The predicted octanol–water partition coefficient (Wildman–Crippen LogP) is 7.70. The van der Waals surface area contributed by atoms with Gasteiger partial charge in [-0.1, -0.05) is 73.8 Å². The van der Waals surface area contributed by atoms with Gasteiger partial charge in [-0.15, -0.1) is 0 Å². The molecule has 1 amide bonds. The lowest BCUT2D eigenvalue weighted by atomic mass is 9.94. The molecule has 0 aliphatic carbocycles. The fourth-order valence-corrected chi connectivity index (χ4v) is 6.29. The highest BCUT2D eigenvalue weighted by Gasteiger charge is 2.24. The van der Waals surface area contributed by atoms with Crippen LogP contribution in [0.25, 0.3) is 11.0 Å². The Morgan fingerprint density at radius 2 is 1.76 bits per heavy atom. The van der Waals surface area contributed by atoms with Crippen LogP contribution >= 0.6 is 11.6 Å². The summed E-state index contributed by atoms with van der Waals surface area (Å²) in [6.07, 6.45) is 6.77. The number of anilines is 1. The van der Waals surface area contributed by atoms with Gasteiger partial charge >= 0.3 is 0 Å². The molecule has 0 radical (unpaired) electrons. The number of carbonyl (C=O) groups is 1. The van der Waals surface area contributed by atoms with E-state index in [1.165, 1.54) is 30.3 Å². The van der Waals surface area contributed by atoms with Crippen molar-refractivity contribution < 1.29 is 4.79 Å². The van der Waals surface area contributed by atoms with E-state index in [0.717, 1.165) is 67.5 Å². The monoisotopic (exact) mass is 585 g/mol. The number of piperidine rings is 1. The van der Waals surface area contributed by atoms with E-state index in [-0.39, 0.29) is 11.8 Å². The van der Waals surface area contributed by atoms with Gasteiger partial charge in [0.2, 0.25) is 5.95 Å². The summed E-state index contributed by atoms with van der Waals surface area (Å²) >= 11 is 6.38. The van der Waals surface area contributed by atoms with Crippen LogP contribution in [0.1, 0.15) is 67.3 Å². The number of imidazole rings is 1. The molecule has 1 unspecified atom stereocenters. The molecule has 1 aliphatic rings. The van der Waals surface area contributed by atoms with Crippen molar-refractivity contribution in [2.75, 3.05) is 38.5 Å². The Bertz CT molecular complexity index is 1430. The molecule has 6 nitrogen and oxygen atoms in total. The molecule has 0 spiro atoms. The van der Waals surface area contributed by atoms with Crippen molar-refractivity contribution in [1.82, 2.24) is 19.4 Å². The van der Waals surface area contributed by atoms with Crippen molar-refractivity contribution >= 4 is 34.5 Å². The van der Waals surface area contributed by atoms with E-state index < -0.39 is 0 Å². The van der Waals surface area contributed by atoms with Crippen LogP contribution in [0.15, 0.2) is 78.9 Å². The molecule has 0 bridgehead atoms. The molecule has 1 saturated heterocycles. The summed E-state index contributed by atoms with van der Waals surface area (Å²) < 4.78 is 2.38. The van der Waals surface area contributed by atoms with Crippen LogP contribution < -0.4 is 5.32 Å². The fourth-order valence-electron chi connectivity index (χ4n) is 6.09. The van der Waals surface area contributed by atoms with Crippen molar-refractivity contribution in [1.29, 1.82) is 0 Å². The molecule has 1 aromatic heterocycles. The first-order valence-electron chi connectivity index (χ1n) is 15.5. The number of halogens is 1. The molecule has 3 aromatic carbocycles. The summed E-state index contributed by atoms with van der Waals surface area (Å²) in [5.74, 6) is 1.27. The van der Waals surface area contributed by atoms with Gasteiger partial charge in [-0.25, -0.2) is 4.98 Å². The largest absolute Gasteiger partial charge is 0.353 e. The minimum Gasteiger partial charge on any atom is -0.353 e. The van der Waals surface area contributed by atoms with E-state index in [0.29, 0.717) is 12.6 Å².